The number of amides is 1. The Balaban J connectivity index is 1.65. The lowest BCUT2D eigenvalue weighted by Crippen LogP contribution is -2.25. The molecule has 1 amide bonds. The van der Waals surface area contributed by atoms with Crippen molar-refractivity contribution < 1.29 is 4.79 Å². The van der Waals surface area contributed by atoms with Crippen LogP contribution in [0.4, 0.5) is 5.69 Å². The predicted octanol–water partition coefficient (Wildman–Crippen LogP) is 4.05. The summed E-state index contributed by atoms with van der Waals surface area (Å²) in [5.41, 5.74) is 2.63. The van der Waals surface area contributed by atoms with Crippen LogP contribution in [0, 0.1) is 6.92 Å². The summed E-state index contributed by atoms with van der Waals surface area (Å²) in [6.07, 6.45) is 5.11. The van der Waals surface area contributed by atoms with Crippen LogP contribution in [0.3, 0.4) is 0 Å². The fourth-order valence-electron chi connectivity index (χ4n) is 2.44. The number of nitrogens with zero attached hydrogens (tertiary/aromatic N) is 4. The van der Waals surface area contributed by atoms with Gasteiger partial charge in [0.15, 0.2) is 0 Å². The van der Waals surface area contributed by atoms with Crippen LogP contribution in [-0.2, 0) is 11.3 Å². The molecule has 0 aliphatic rings. The molecular weight excluding hydrogens is 406 g/mol. The minimum Gasteiger partial charge on any atom is -0.322 e. The molecular formula is C17H17BrClN5O. The number of rotatable bonds is 5. The summed E-state index contributed by atoms with van der Waals surface area (Å²) in [6.45, 7) is 4.32. The van der Waals surface area contributed by atoms with Gasteiger partial charge in [0, 0.05) is 11.2 Å². The highest BCUT2D eigenvalue weighted by molar-refractivity contribution is 9.10. The van der Waals surface area contributed by atoms with E-state index in [-0.39, 0.29) is 5.91 Å². The molecule has 1 aromatic carbocycles. The van der Waals surface area contributed by atoms with Crippen molar-refractivity contribution >= 4 is 39.1 Å². The Morgan fingerprint density at radius 1 is 1.28 bits per heavy atom. The molecule has 0 fully saturated rings. The lowest BCUT2D eigenvalue weighted by Gasteiger charge is -2.13. The molecule has 3 rings (SSSR count). The van der Waals surface area contributed by atoms with E-state index < -0.39 is 6.04 Å². The third-order valence-corrected chi connectivity index (χ3v) is 4.92. The minimum atomic E-state index is -0.425. The van der Waals surface area contributed by atoms with E-state index in [2.05, 4.69) is 31.4 Å². The van der Waals surface area contributed by atoms with Crippen LogP contribution >= 0.6 is 27.5 Å². The molecule has 0 aliphatic carbocycles. The number of halogens is 2. The van der Waals surface area contributed by atoms with E-state index in [0.717, 1.165) is 15.7 Å². The van der Waals surface area contributed by atoms with E-state index in [1.54, 1.807) is 34.9 Å². The Morgan fingerprint density at radius 3 is 2.64 bits per heavy atom. The van der Waals surface area contributed by atoms with Gasteiger partial charge in [-0.25, -0.2) is 0 Å². The van der Waals surface area contributed by atoms with Crippen LogP contribution in [-0.4, -0.2) is 25.5 Å². The van der Waals surface area contributed by atoms with Crippen LogP contribution in [0.15, 0.2) is 47.3 Å². The van der Waals surface area contributed by atoms with Crippen molar-refractivity contribution in [3.05, 3.63) is 63.6 Å². The standard InChI is InChI=1S/C17H17BrClN5O/c1-11-16(18)8-21-24(11)12(2)17(25)22-15-7-20-23(10-15)9-13-3-5-14(19)6-4-13/h3-8,10,12H,9H2,1-2H3,(H,22,25). The third-order valence-electron chi connectivity index (χ3n) is 3.89. The number of hydrogen-bond acceptors (Lipinski definition) is 3. The minimum absolute atomic E-state index is 0.148. The average molecular weight is 423 g/mol. The van der Waals surface area contributed by atoms with Gasteiger partial charge in [0.1, 0.15) is 6.04 Å². The fraction of sp³-hybridized carbons (Fsp3) is 0.235. The third kappa shape index (κ3) is 4.11. The second-order valence-corrected chi connectivity index (χ2v) is 7.03. The van der Waals surface area contributed by atoms with Crippen LogP contribution in [0.1, 0.15) is 24.2 Å². The van der Waals surface area contributed by atoms with Crippen molar-refractivity contribution in [2.75, 3.05) is 5.32 Å². The molecule has 0 bridgehead atoms. The zero-order valence-corrected chi connectivity index (χ0v) is 16.1. The van der Waals surface area contributed by atoms with E-state index in [1.165, 1.54) is 0 Å². The number of aromatic nitrogens is 4. The zero-order chi connectivity index (χ0) is 18.0. The molecule has 1 N–H and O–H groups in total. The Kier molecular flexibility index (Phi) is 5.24. The van der Waals surface area contributed by atoms with Gasteiger partial charge in [-0.2, -0.15) is 10.2 Å². The highest BCUT2D eigenvalue weighted by atomic mass is 79.9. The molecule has 0 aliphatic heterocycles. The van der Waals surface area contributed by atoms with E-state index in [1.807, 2.05) is 31.2 Å². The first-order chi connectivity index (χ1) is 11.9. The highest BCUT2D eigenvalue weighted by Gasteiger charge is 2.19. The van der Waals surface area contributed by atoms with Gasteiger partial charge in [-0.3, -0.25) is 14.2 Å². The van der Waals surface area contributed by atoms with Crippen molar-refractivity contribution in [3.8, 4) is 0 Å². The molecule has 2 aromatic heterocycles. The molecule has 8 heteroatoms. The summed E-state index contributed by atoms with van der Waals surface area (Å²) in [7, 11) is 0. The average Bonchev–Trinajstić information content (AvgIpc) is 3.16. The summed E-state index contributed by atoms with van der Waals surface area (Å²) in [6, 6.07) is 7.15. The first-order valence-corrected chi connectivity index (χ1v) is 8.88. The number of hydrogen-bond donors (Lipinski definition) is 1. The van der Waals surface area contributed by atoms with Crippen molar-refractivity contribution in [1.82, 2.24) is 19.6 Å². The Bertz CT molecular complexity index is 887. The van der Waals surface area contributed by atoms with Gasteiger partial charge in [0.25, 0.3) is 0 Å². The van der Waals surface area contributed by atoms with E-state index in [0.29, 0.717) is 17.3 Å². The Morgan fingerprint density at radius 2 is 2.00 bits per heavy atom. The summed E-state index contributed by atoms with van der Waals surface area (Å²) in [5.74, 6) is -0.148. The zero-order valence-electron chi connectivity index (χ0n) is 13.8. The second-order valence-electron chi connectivity index (χ2n) is 5.74. The summed E-state index contributed by atoms with van der Waals surface area (Å²) < 4.78 is 4.32. The molecule has 1 atom stereocenters. The van der Waals surface area contributed by atoms with Gasteiger partial charge in [-0.05, 0) is 47.5 Å². The smallest absolute Gasteiger partial charge is 0.249 e. The van der Waals surface area contributed by atoms with Gasteiger partial charge in [0.2, 0.25) is 5.91 Å². The molecule has 1 unspecified atom stereocenters. The molecule has 0 saturated heterocycles. The summed E-state index contributed by atoms with van der Waals surface area (Å²) >= 11 is 9.29. The lowest BCUT2D eigenvalue weighted by molar-refractivity contribution is -0.119. The summed E-state index contributed by atoms with van der Waals surface area (Å²) in [4.78, 5) is 12.4. The Hall–Kier alpha value is -2.12. The lowest BCUT2D eigenvalue weighted by atomic mass is 10.2. The SMILES string of the molecule is Cc1c(Br)cnn1C(C)C(=O)Nc1cnn(Cc2ccc(Cl)cc2)c1. The number of anilines is 1. The molecule has 2 heterocycles. The van der Waals surface area contributed by atoms with Crippen molar-refractivity contribution in [1.29, 1.82) is 0 Å². The maximum Gasteiger partial charge on any atom is 0.249 e. The molecule has 0 radical (unpaired) electrons. The second kappa shape index (κ2) is 7.41. The number of carbonyl (C=O) groups is 1. The highest BCUT2D eigenvalue weighted by Crippen LogP contribution is 2.19. The topological polar surface area (TPSA) is 64.7 Å². The Labute approximate surface area is 158 Å². The van der Waals surface area contributed by atoms with E-state index >= 15 is 0 Å². The van der Waals surface area contributed by atoms with Crippen molar-refractivity contribution in [2.45, 2.75) is 26.4 Å². The van der Waals surface area contributed by atoms with Crippen LogP contribution in [0.2, 0.25) is 5.02 Å². The van der Waals surface area contributed by atoms with Crippen molar-refractivity contribution in [2.24, 2.45) is 0 Å². The van der Waals surface area contributed by atoms with Gasteiger partial charge in [0.05, 0.1) is 34.8 Å². The van der Waals surface area contributed by atoms with Crippen LogP contribution in [0.25, 0.3) is 0 Å². The molecule has 0 saturated carbocycles. The largest absolute Gasteiger partial charge is 0.322 e. The van der Waals surface area contributed by atoms with Crippen LogP contribution in [0.5, 0.6) is 0 Å². The number of carbonyl (C=O) groups excluding carboxylic acids is 1. The molecule has 0 spiro atoms. The maximum absolute atomic E-state index is 12.4. The van der Waals surface area contributed by atoms with Crippen LogP contribution < -0.4 is 5.32 Å². The maximum atomic E-state index is 12.4. The first kappa shape index (κ1) is 17.7. The van der Waals surface area contributed by atoms with Gasteiger partial charge < -0.3 is 5.32 Å². The molecule has 3 aromatic rings. The quantitative estimate of drug-likeness (QED) is 0.674. The van der Waals surface area contributed by atoms with Gasteiger partial charge in [-0.15, -0.1) is 0 Å². The number of benzene rings is 1. The van der Waals surface area contributed by atoms with Crippen molar-refractivity contribution in [3.63, 3.8) is 0 Å². The van der Waals surface area contributed by atoms with Gasteiger partial charge in [-0.1, -0.05) is 23.7 Å². The number of nitrogens with one attached hydrogen (secondary N) is 1. The monoisotopic (exact) mass is 421 g/mol. The van der Waals surface area contributed by atoms with E-state index in [4.69, 9.17) is 11.6 Å². The normalized spacial score (nSPS) is 12.2. The fourth-order valence-corrected chi connectivity index (χ4v) is 2.84. The summed E-state index contributed by atoms with van der Waals surface area (Å²) in [5, 5.41) is 12.1. The van der Waals surface area contributed by atoms with Gasteiger partial charge >= 0.3 is 0 Å². The van der Waals surface area contributed by atoms with E-state index in [9.17, 15) is 4.79 Å². The predicted molar refractivity (Wildman–Crippen MR) is 101 cm³/mol. The molecule has 130 valence electrons. The first-order valence-electron chi connectivity index (χ1n) is 7.71. The molecule has 25 heavy (non-hydrogen) atoms. The molecule has 6 nitrogen and oxygen atoms in total.